The van der Waals surface area contributed by atoms with Gasteiger partial charge in [0.25, 0.3) is 0 Å². The van der Waals surface area contributed by atoms with Crippen LogP contribution in [0.4, 0.5) is 5.82 Å². The first-order chi connectivity index (χ1) is 9.67. The topological polar surface area (TPSA) is 81.8 Å². The molecule has 1 unspecified atom stereocenters. The summed E-state index contributed by atoms with van der Waals surface area (Å²) in [7, 11) is 0. The highest BCUT2D eigenvalue weighted by Crippen LogP contribution is 2.20. The molecule has 0 amide bonds. The fraction of sp³-hybridized carbons (Fsp3) is 0.667. The maximum atomic E-state index is 9.34. The fourth-order valence-electron chi connectivity index (χ4n) is 2.17. The van der Waals surface area contributed by atoms with Crippen molar-refractivity contribution in [2.75, 3.05) is 18.5 Å². The molecule has 1 rings (SSSR count). The Kier molecular flexibility index (Phi) is 6.96. The van der Waals surface area contributed by atoms with Crippen LogP contribution in [-0.2, 0) is 12.8 Å². The van der Waals surface area contributed by atoms with Crippen LogP contribution in [-0.4, -0.2) is 28.5 Å². The van der Waals surface area contributed by atoms with Gasteiger partial charge in [-0.1, -0.05) is 20.8 Å². The van der Waals surface area contributed by atoms with E-state index in [0.717, 1.165) is 43.5 Å². The van der Waals surface area contributed by atoms with E-state index in [1.54, 1.807) is 0 Å². The zero-order chi connectivity index (χ0) is 15.0. The van der Waals surface area contributed by atoms with Crippen LogP contribution >= 0.6 is 0 Å². The molecule has 0 aromatic carbocycles. The van der Waals surface area contributed by atoms with Crippen molar-refractivity contribution in [3.63, 3.8) is 0 Å². The van der Waals surface area contributed by atoms with Gasteiger partial charge in [0.05, 0.1) is 5.69 Å². The lowest BCUT2D eigenvalue weighted by atomic mass is 10.0. The third-order valence-corrected chi connectivity index (χ3v) is 3.44. The lowest BCUT2D eigenvalue weighted by molar-refractivity contribution is 0.229. The Hall–Kier alpha value is -1.67. The van der Waals surface area contributed by atoms with E-state index in [1.807, 2.05) is 20.8 Å². The minimum Gasteiger partial charge on any atom is -0.396 e. The maximum Gasteiger partial charge on any atom is 0.166 e. The van der Waals surface area contributed by atoms with Crippen LogP contribution < -0.4 is 5.32 Å². The highest BCUT2D eigenvalue weighted by Gasteiger charge is 2.13. The van der Waals surface area contributed by atoms with Crippen molar-refractivity contribution < 1.29 is 5.11 Å². The zero-order valence-corrected chi connectivity index (χ0v) is 12.6. The molecule has 0 aliphatic carbocycles. The number of aliphatic hydroxyl groups excluding tert-OH is 1. The van der Waals surface area contributed by atoms with E-state index >= 15 is 0 Å². The van der Waals surface area contributed by atoms with Crippen molar-refractivity contribution in [3.8, 4) is 6.07 Å². The maximum absolute atomic E-state index is 9.34. The van der Waals surface area contributed by atoms with Gasteiger partial charge in [0.2, 0.25) is 0 Å². The summed E-state index contributed by atoms with van der Waals surface area (Å²) in [4.78, 5) is 0. The number of rotatable bonds is 8. The molecule has 0 aliphatic heterocycles. The number of anilines is 1. The van der Waals surface area contributed by atoms with Crippen LogP contribution in [0.15, 0.2) is 0 Å². The molecule has 1 aromatic rings. The van der Waals surface area contributed by atoms with Crippen molar-refractivity contribution >= 4 is 5.82 Å². The number of aryl methyl sites for hydroxylation is 1. The monoisotopic (exact) mass is 276 g/mol. The van der Waals surface area contributed by atoms with Crippen molar-refractivity contribution in [2.24, 2.45) is 5.92 Å². The van der Waals surface area contributed by atoms with Crippen molar-refractivity contribution in [3.05, 3.63) is 16.8 Å². The van der Waals surface area contributed by atoms with Gasteiger partial charge in [-0.05, 0) is 37.2 Å². The van der Waals surface area contributed by atoms with E-state index in [4.69, 9.17) is 5.11 Å². The second kappa shape index (κ2) is 8.49. The molecule has 0 fully saturated rings. The van der Waals surface area contributed by atoms with Gasteiger partial charge in [-0.25, -0.2) is 0 Å². The van der Waals surface area contributed by atoms with E-state index in [9.17, 15) is 5.26 Å². The van der Waals surface area contributed by atoms with E-state index in [0.29, 0.717) is 17.3 Å². The molecular formula is C15H24N4O. The molecule has 0 aliphatic rings. The highest BCUT2D eigenvalue weighted by molar-refractivity contribution is 5.56. The van der Waals surface area contributed by atoms with E-state index in [2.05, 4.69) is 21.6 Å². The van der Waals surface area contributed by atoms with Gasteiger partial charge in [0, 0.05) is 13.2 Å². The number of hydrogen-bond donors (Lipinski definition) is 2. The minimum absolute atomic E-state index is 0.217. The summed E-state index contributed by atoms with van der Waals surface area (Å²) in [5.41, 5.74) is 2.52. The third-order valence-electron chi connectivity index (χ3n) is 3.44. The van der Waals surface area contributed by atoms with Gasteiger partial charge in [0.1, 0.15) is 11.6 Å². The van der Waals surface area contributed by atoms with Gasteiger partial charge in [-0.15, -0.1) is 5.10 Å². The van der Waals surface area contributed by atoms with Gasteiger partial charge in [-0.2, -0.15) is 10.4 Å². The molecule has 0 radical (unpaired) electrons. The Morgan fingerprint density at radius 3 is 2.60 bits per heavy atom. The highest BCUT2D eigenvalue weighted by atomic mass is 16.3. The molecule has 110 valence electrons. The molecule has 0 saturated carbocycles. The predicted octanol–water partition coefficient (Wildman–Crippen LogP) is 2.29. The van der Waals surface area contributed by atoms with E-state index in [1.165, 1.54) is 0 Å². The van der Waals surface area contributed by atoms with Gasteiger partial charge >= 0.3 is 0 Å². The average Bonchev–Trinajstić information content (AvgIpc) is 2.49. The summed E-state index contributed by atoms with van der Waals surface area (Å²) in [6.07, 6.45) is 3.47. The molecule has 1 atom stereocenters. The molecule has 2 N–H and O–H groups in total. The summed E-state index contributed by atoms with van der Waals surface area (Å²) in [5, 5.41) is 29.8. The van der Waals surface area contributed by atoms with Crippen molar-refractivity contribution in [1.82, 2.24) is 10.2 Å². The zero-order valence-electron chi connectivity index (χ0n) is 12.6. The first-order valence-corrected chi connectivity index (χ1v) is 7.31. The average molecular weight is 276 g/mol. The Bertz CT molecular complexity index is 468. The van der Waals surface area contributed by atoms with Crippen molar-refractivity contribution in [1.29, 1.82) is 5.26 Å². The van der Waals surface area contributed by atoms with Crippen LogP contribution in [0, 0.1) is 17.2 Å². The number of nitrogens with one attached hydrogen (secondary N) is 1. The van der Waals surface area contributed by atoms with Crippen LogP contribution in [0.25, 0.3) is 0 Å². The van der Waals surface area contributed by atoms with E-state index < -0.39 is 0 Å². The molecule has 20 heavy (non-hydrogen) atoms. The summed E-state index contributed by atoms with van der Waals surface area (Å²) in [6.45, 7) is 7.03. The summed E-state index contributed by atoms with van der Waals surface area (Å²) in [6, 6.07) is 2.25. The van der Waals surface area contributed by atoms with Crippen molar-refractivity contribution in [2.45, 2.75) is 46.5 Å². The second-order valence-electron chi connectivity index (χ2n) is 5.02. The standard InChI is InChI=1S/C15H24N4O/c1-4-12-13(9-16)15(19-18-14(12)5-2)17-8-6-7-11(3)10-20/h11,20H,4-8,10H2,1-3H3,(H,17,19). The number of aliphatic hydroxyl groups is 1. The normalized spacial score (nSPS) is 11.9. The molecule has 1 heterocycles. The quantitative estimate of drug-likeness (QED) is 0.712. The predicted molar refractivity (Wildman–Crippen MR) is 79.5 cm³/mol. The Morgan fingerprint density at radius 2 is 2.05 bits per heavy atom. The molecule has 0 saturated heterocycles. The first-order valence-electron chi connectivity index (χ1n) is 7.31. The molecule has 0 bridgehead atoms. The van der Waals surface area contributed by atoms with Crippen LogP contribution in [0.5, 0.6) is 0 Å². The minimum atomic E-state index is 0.217. The largest absolute Gasteiger partial charge is 0.396 e. The second-order valence-corrected chi connectivity index (χ2v) is 5.02. The molecule has 0 spiro atoms. The SMILES string of the molecule is CCc1nnc(NCCCC(C)CO)c(C#N)c1CC. The molecule has 1 aromatic heterocycles. The van der Waals surface area contributed by atoms with Gasteiger partial charge in [0.15, 0.2) is 5.82 Å². The van der Waals surface area contributed by atoms with Crippen LogP contribution in [0.1, 0.15) is 50.4 Å². The Labute approximate surface area is 121 Å². The lowest BCUT2D eigenvalue weighted by Crippen LogP contribution is -2.12. The van der Waals surface area contributed by atoms with Crippen LogP contribution in [0.3, 0.4) is 0 Å². The first kappa shape index (κ1) is 16.4. The van der Waals surface area contributed by atoms with Crippen LogP contribution in [0.2, 0.25) is 0 Å². The van der Waals surface area contributed by atoms with Gasteiger partial charge in [-0.3, -0.25) is 0 Å². The summed E-state index contributed by atoms with van der Waals surface area (Å²) < 4.78 is 0. The van der Waals surface area contributed by atoms with Gasteiger partial charge < -0.3 is 10.4 Å². The number of nitriles is 1. The smallest absolute Gasteiger partial charge is 0.166 e. The summed E-state index contributed by atoms with van der Waals surface area (Å²) in [5.74, 6) is 0.894. The number of aromatic nitrogens is 2. The molecule has 5 heteroatoms. The molecule has 5 nitrogen and oxygen atoms in total. The fourth-order valence-corrected chi connectivity index (χ4v) is 2.17. The third kappa shape index (κ3) is 4.17. The number of nitrogens with zero attached hydrogens (tertiary/aromatic N) is 3. The lowest BCUT2D eigenvalue weighted by Gasteiger charge is -2.12. The summed E-state index contributed by atoms with van der Waals surface area (Å²) >= 11 is 0. The number of hydrogen-bond acceptors (Lipinski definition) is 5. The molecular weight excluding hydrogens is 252 g/mol. The Balaban J connectivity index is 2.73. The Morgan fingerprint density at radius 1 is 1.30 bits per heavy atom. The van der Waals surface area contributed by atoms with E-state index in [-0.39, 0.29) is 6.61 Å².